The highest BCUT2D eigenvalue weighted by Gasteiger charge is 2.24. The lowest BCUT2D eigenvalue weighted by Gasteiger charge is -2.06. The standard InChI is InChI=1S/C21H15Cl2F2N3O2S.C2H6/c1-2-8-27-10-11(9-26-27)28-18-13(6-7-14(22)17(18)25)19(20(28)23)31-15-5-3-4-12(16(15)24)21(29)30;1-2/h3-7,9-10H,2,8H2,1H3,(H,29,30);1-2H3. The van der Waals surface area contributed by atoms with Gasteiger partial charge in [0.2, 0.25) is 0 Å². The van der Waals surface area contributed by atoms with Crippen LogP contribution in [0.1, 0.15) is 37.6 Å². The highest BCUT2D eigenvalue weighted by atomic mass is 35.5. The largest absolute Gasteiger partial charge is 0.478 e. The molecule has 2 aromatic carbocycles. The van der Waals surface area contributed by atoms with Gasteiger partial charge in [-0.05, 0) is 30.7 Å². The summed E-state index contributed by atoms with van der Waals surface area (Å²) in [6.07, 6.45) is 4.15. The summed E-state index contributed by atoms with van der Waals surface area (Å²) < 4.78 is 33.0. The lowest BCUT2D eigenvalue weighted by Crippen LogP contribution is -2.01. The monoisotopic (exact) mass is 511 g/mol. The third kappa shape index (κ3) is 4.74. The van der Waals surface area contributed by atoms with E-state index in [0.717, 1.165) is 18.2 Å². The molecule has 0 aliphatic carbocycles. The number of fused-ring (bicyclic) bond motifs is 1. The highest BCUT2D eigenvalue weighted by Crippen LogP contribution is 2.45. The molecule has 5 nitrogen and oxygen atoms in total. The number of hydrogen-bond acceptors (Lipinski definition) is 3. The fraction of sp³-hybridized carbons (Fsp3) is 0.217. The number of hydrogen-bond donors (Lipinski definition) is 1. The third-order valence-corrected chi connectivity index (χ3v) is 6.57. The minimum absolute atomic E-state index is 0.0536. The van der Waals surface area contributed by atoms with E-state index < -0.39 is 23.2 Å². The Morgan fingerprint density at radius 2 is 1.88 bits per heavy atom. The number of aryl methyl sites for hydroxylation is 1. The Kier molecular flexibility index (Phi) is 8.05. The second-order valence-electron chi connectivity index (χ2n) is 6.70. The number of aromatic nitrogens is 3. The molecule has 2 heterocycles. The SMILES string of the molecule is CC.CCCn1cc(-n2c(Cl)c(Sc3cccc(C(=O)O)c3F)c3ccc(Cl)c(F)c32)cn1. The smallest absolute Gasteiger partial charge is 0.338 e. The molecule has 0 spiro atoms. The van der Waals surface area contributed by atoms with Crippen LogP contribution in [0.25, 0.3) is 16.6 Å². The van der Waals surface area contributed by atoms with Gasteiger partial charge in [-0.25, -0.2) is 13.6 Å². The highest BCUT2D eigenvalue weighted by molar-refractivity contribution is 7.99. The van der Waals surface area contributed by atoms with Gasteiger partial charge in [0.05, 0.1) is 32.9 Å². The molecule has 33 heavy (non-hydrogen) atoms. The van der Waals surface area contributed by atoms with Crippen LogP contribution in [0.4, 0.5) is 8.78 Å². The Morgan fingerprint density at radius 3 is 2.55 bits per heavy atom. The Labute approximate surface area is 203 Å². The topological polar surface area (TPSA) is 60.0 Å². The molecule has 0 radical (unpaired) electrons. The van der Waals surface area contributed by atoms with E-state index in [-0.39, 0.29) is 20.6 Å². The average Bonchev–Trinajstić information content (AvgIpc) is 3.36. The summed E-state index contributed by atoms with van der Waals surface area (Å²) in [6, 6.07) is 7.05. The summed E-state index contributed by atoms with van der Waals surface area (Å²) >= 11 is 13.6. The van der Waals surface area contributed by atoms with Gasteiger partial charge in [-0.3, -0.25) is 9.25 Å². The van der Waals surface area contributed by atoms with Gasteiger partial charge in [-0.15, -0.1) is 0 Å². The number of carboxylic acids is 1. The van der Waals surface area contributed by atoms with E-state index in [1.165, 1.54) is 28.8 Å². The number of carbonyl (C=O) groups is 1. The Bertz CT molecular complexity index is 1320. The summed E-state index contributed by atoms with van der Waals surface area (Å²) in [5.74, 6) is -2.94. The number of rotatable bonds is 6. The summed E-state index contributed by atoms with van der Waals surface area (Å²) in [7, 11) is 0. The predicted octanol–water partition coefficient (Wildman–Crippen LogP) is 7.70. The zero-order valence-corrected chi connectivity index (χ0v) is 20.4. The second kappa shape index (κ2) is 10.6. The van der Waals surface area contributed by atoms with Crippen LogP contribution in [0.2, 0.25) is 10.2 Å². The van der Waals surface area contributed by atoms with Crippen LogP contribution in [0, 0.1) is 11.6 Å². The van der Waals surface area contributed by atoms with Crippen LogP contribution in [-0.2, 0) is 6.54 Å². The molecule has 1 N–H and O–H groups in total. The maximum absolute atomic E-state index is 15.1. The van der Waals surface area contributed by atoms with Crippen molar-refractivity contribution in [3.63, 3.8) is 0 Å². The van der Waals surface area contributed by atoms with Gasteiger partial charge >= 0.3 is 5.97 Å². The van der Waals surface area contributed by atoms with E-state index in [9.17, 15) is 14.3 Å². The van der Waals surface area contributed by atoms with Crippen LogP contribution in [0.15, 0.2) is 52.5 Å². The van der Waals surface area contributed by atoms with Crippen molar-refractivity contribution in [3.8, 4) is 5.69 Å². The first-order valence-corrected chi connectivity index (χ1v) is 11.8. The lowest BCUT2D eigenvalue weighted by atomic mass is 10.2. The molecule has 0 saturated heterocycles. The quantitative estimate of drug-likeness (QED) is 0.288. The molecule has 0 aliphatic heterocycles. The molecule has 0 fully saturated rings. The van der Waals surface area contributed by atoms with Gasteiger partial charge in [0.1, 0.15) is 5.15 Å². The minimum Gasteiger partial charge on any atom is -0.478 e. The Balaban J connectivity index is 0.00000149. The van der Waals surface area contributed by atoms with Crippen LogP contribution in [-0.4, -0.2) is 25.4 Å². The van der Waals surface area contributed by atoms with E-state index in [0.29, 0.717) is 22.5 Å². The van der Waals surface area contributed by atoms with Crippen molar-refractivity contribution in [2.24, 2.45) is 0 Å². The van der Waals surface area contributed by atoms with Crippen molar-refractivity contribution in [2.75, 3.05) is 0 Å². The lowest BCUT2D eigenvalue weighted by molar-refractivity contribution is 0.0691. The van der Waals surface area contributed by atoms with Gasteiger partial charge in [-0.1, -0.05) is 61.8 Å². The Morgan fingerprint density at radius 1 is 1.15 bits per heavy atom. The number of benzene rings is 2. The molecule has 2 aromatic heterocycles. The summed E-state index contributed by atoms with van der Waals surface area (Å²) in [5.41, 5.74) is 0.196. The molecule has 10 heteroatoms. The molecular formula is C23H21Cl2F2N3O2S. The molecule has 4 rings (SSSR count). The maximum Gasteiger partial charge on any atom is 0.338 e. The van der Waals surface area contributed by atoms with Crippen LogP contribution < -0.4 is 0 Å². The van der Waals surface area contributed by atoms with Crippen molar-refractivity contribution in [2.45, 2.75) is 43.5 Å². The van der Waals surface area contributed by atoms with Gasteiger partial charge in [0.15, 0.2) is 11.6 Å². The van der Waals surface area contributed by atoms with Crippen molar-refractivity contribution >= 4 is 51.8 Å². The number of nitrogens with zero attached hydrogens (tertiary/aromatic N) is 3. The number of halogens is 4. The molecule has 0 unspecified atom stereocenters. The summed E-state index contributed by atoms with van der Waals surface area (Å²) in [5, 5.41) is 13.9. The van der Waals surface area contributed by atoms with Crippen molar-refractivity contribution in [1.82, 2.24) is 14.3 Å². The molecule has 0 bridgehead atoms. The summed E-state index contributed by atoms with van der Waals surface area (Å²) in [4.78, 5) is 11.7. The van der Waals surface area contributed by atoms with Gasteiger partial charge in [0.25, 0.3) is 0 Å². The van der Waals surface area contributed by atoms with Crippen molar-refractivity contribution in [3.05, 3.63) is 70.1 Å². The zero-order valence-electron chi connectivity index (χ0n) is 18.1. The fourth-order valence-electron chi connectivity index (χ4n) is 3.28. The average molecular weight is 512 g/mol. The number of aromatic carboxylic acids is 1. The number of carboxylic acid groups (broad SMARTS) is 1. The van der Waals surface area contributed by atoms with E-state index in [4.69, 9.17) is 23.2 Å². The van der Waals surface area contributed by atoms with Crippen LogP contribution in [0.5, 0.6) is 0 Å². The maximum atomic E-state index is 15.1. The normalized spacial score (nSPS) is 10.9. The first kappa shape index (κ1) is 25.1. The molecular weight excluding hydrogens is 491 g/mol. The van der Waals surface area contributed by atoms with Crippen molar-refractivity contribution in [1.29, 1.82) is 0 Å². The van der Waals surface area contributed by atoms with Gasteiger partial charge < -0.3 is 5.11 Å². The van der Waals surface area contributed by atoms with E-state index >= 15 is 4.39 Å². The molecule has 0 aliphatic rings. The predicted molar refractivity (Wildman–Crippen MR) is 128 cm³/mol. The second-order valence-corrected chi connectivity index (χ2v) is 8.52. The van der Waals surface area contributed by atoms with Crippen molar-refractivity contribution < 1.29 is 18.7 Å². The van der Waals surface area contributed by atoms with E-state index in [2.05, 4.69) is 5.10 Å². The molecule has 0 amide bonds. The van der Waals surface area contributed by atoms with Crippen LogP contribution in [0.3, 0.4) is 0 Å². The molecule has 0 atom stereocenters. The fourth-order valence-corrected chi connectivity index (χ4v) is 4.84. The molecule has 174 valence electrons. The first-order valence-electron chi connectivity index (χ1n) is 10.2. The minimum atomic E-state index is -1.38. The molecule has 0 saturated carbocycles. The Hall–Kier alpha value is -2.55. The van der Waals surface area contributed by atoms with Crippen LogP contribution >= 0.6 is 35.0 Å². The zero-order chi connectivity index (χ0) is 24.3. The van der Waals surface area contributed by atoms with E-state index in [1.54, 1.807) is 23.1 Å². The first-order chi connectivity index (χ1) is 15.8. The third-order valence-electron chi connectivity index (χ3n) is 4.66. The summed E-state index contributed by atoms with van der Waals surface area (Å²) in [6.45, 7) is 6.68. The van der Waals surface area contributed by atoms with Gasteiger partial charge in [0, 0.05) is 23.0 Å². The van der Waals surface area contributed by atoms with E-state index in [1.807, 2.05) is 20.8 Å². The molecule has 4 aromatic rings. The van der Waals surface area contributed by atoms with Gasteiger partial charge in [-0.2, -0.15) is 5.10 Å².